The molecule has 2 aromatic carbocycles. The average Bonchev–Trinajstić information content (AvgIpc) is 2.34. The van der Waals surface area contributed by atoms with Crippen molar-refractivity contribution in [3.63, 3.8) is 0 Å². The van der Waals surface area contributed by atoms with Gasteiger partial charge in [0.05, 0.1) is 10.6 Å². The van der Waals surface area contributed by atoms with Gasteiger partial charge in [0.2, 0.25) is 0 Å². The van der Waals surface area contributed by atoms with Crippen molar-refractivity contribution in [2.45, 2.75) is 0 Å². The summed E-state index contributed by atoms with van der Waals surface area (Å²) in [5.41, 5.74) is 5.09. The number of nitrogens with zero attached hydrogens (tertiary/aromatic N) is 1. The van der Waals surface area contributed by atoms with Gasteiger partial charge in [0.1, 0.15) is 11.5 Å². The van der Waals surface area contributed by atoms with Crippen molar-refractivity contribution in [2.24, 2.45) is 0 Å². The molecule has 0 radical (unpaired) electrons. The van der Waals surface area contributed by atoms with E-state index >= 15 is 0 Å². The Balaban J connectivity index is 0.000000199. The smallest absolute Gasteiger partial charge is 0.271 e. The fourth-order valence-electron chi connectivity index (χ4n) is 1.08. The van der Waals surface area contributed by atoms with Crippen molar-refractivity contribution in [3.8, 4) is 11.5 Å². The summed E-state index contributed by atoms with van der Waals surface area (Å²) < 4.78 is 0. The van der Waals surface area contributed by atoms with Crippen LogP contribution in [0.5, 0.6) is 11.5 Å². The number of nitrogens with two attached hydrogens (primary N) is 1. The molecule has 0 saturated heterocycles. The number of phenolic OH excluding ortho intramolecular Hbond substituents is 2. The second kappa shape index (κ2) is 6.09. The Morgan fingerprint density at radius 3 is 2.06 bits per heavy atom. The molecule has 0 saturated carbocycles. The highest BCUT2D eigenvalue weighted by Crippen LogP contribution is 2.24. The van der Waals surface area contributed by atoms with Crippen LogP contribution in [0.1, 0.15) is 0 Å². The van der Waals surface area contributed by atoms with Gasteiger partial charge in [-0.25, -0.2) is 0 Å². The Labute approximate surface area is 103 Å². The molecule has 0 aliphatic carbocycles. The van der Waals surface area contributed by atoms with Crippen molar-refractivity contribution in [3.05, 3.63) is 58.6 Å². The van der Waals surface area contributed by atoms with E-state index in [1.54, 1.807) is 24.3 Å². The quantitative estimate of drug-likeness (QED) is 0.310. The summed E-state index contributed by atoms with van der Waals surface area (Å²) in [7, 11) is 0. The van der Waals surface area contributed by atoms with Crippen LogP contribution < -0.4 is 5.73 Å². The van der Waals surface area contributed by atoms with E-state index in [4.69, 9.17) is 15.9 Å². The maximum absolute atomic E-state index is 10.1. The minimum Gasteiger partial charge on any atom is -0.508 e. The van der Waals surface area contributed by atoms with Crippen LogP contribution in [0.3, 0.4) is 0 Å². The molecule has 0 amide bonds. The van der Waals surface area contributed by atoms with Crippen molar-refractivity contribution in [2.75, 3.05) is 5.73 Å². The zero-order valence-corrected chi connectivity index (χ0v) is 9.35. The molecule has 6 heteroatoms. The number of aromatic hydroxyl groups is 2. The molecule has 18 heavy (non-hydrogen) atoms. The molecule has 0 aromatic heterocycles. The highest BCUT2D eigenvalue weighted by atomic mass is 16.6. The van der Waals surface area contributed by atoms with Gasteiger partial charge >= 0.3 is 0 Å². The first-order valence-corrected chi connectivity index (χ1v) is 4.97. The average molecular weight is 248 g/mol. The van der Waals surface area contributed by atoms with Gasteiger partial charge in [-0.3, -0.25) is 10.1 Å². The number of rotatable bonds is 1. The van der Waals surface area contributed by atoms with E-state index in [9.17, 15) is 10.1 Å². The second-order valence-electron chi connectivity index (χ2n) is 3.34. The number of nitro groups is 1. The number of hydrogen-bond acceptors (Lipinski definition) is 5. The summed E-state index contributed by atoms with van der Waals surface area (Å²) in [5.74, 6) is 0.179. The number of benzene rings is 2. The van der Waals surface area contributed by atoms with Crippen LogP contribution >= 0.6 is 0 Å². The number of nitro benzene ring substituents is 1. The molecule has 0 bridgehead atoms. The lowest BCUT2D eigenvalue weighted by Crippen LogP contribution is -1.90. The highest BCUT2D eigenvalue weighted by Gasteiger charge is 2.06. The van der Waals surface area contributed by atoms with Crippen LogP contribution in [0.25, 0.3) is 0 Å². The Hall–Kier alpha value is -2.76. The first kappa shape index (κ1) is 13.3. The van der Waals surface area contributed by atoms with Crippen LogP contribution in [-0.2, 0) is 0 Å². The zero-order valence-electron chi connectivity index (χ0n) is 9.35. The predicted molar refractivity (Wildman–Crippen MR) is 67.3 cm³/mol. The predicted octanol–water partition coefficient (Wildman–Crippen LogP) is 2.27. The van der Waals surface area contributed by atoms with Gasteiger partial charge in [-0.15, -0.1) is 0 Å². The van der Waals surface area contributed by atoms with Gasteiger partial charge in [-0.2, -0.15) is 0 Å². The number of nitrogen functional groups attached to an aromatic ring is 1. The van der Waals surface area contributed by atoms with Gasteiger partial charge in [0.25, 0.3) is 5.69 Å². The molecule has 2 aromatic rings. The van der Waals surface area contributed by atoms with E-state index in [1.165, 1.54) is 12.1 Å². The summed E-state index contributed by atoms with van der Waals surface area (Å²) in [6.45, 7) is 0. The number of anilines is 1. The Morgan fingerprint density at radius 1 is 1.06 bits per heavy atom. The fourth-order valence-corrected chi connectivity index (χ4v) is 1.08. The molecule has 0 heterocycles. The van der Waals surface area contributed by atoms with Crippen LogP contribution in [0, 0.1) is 10.1 Å². The number of phenols is 2. The third-order valence-corrected chi connectivity index (χ3v) is 1.98. The van der Waals surface area contributed by atoms with Gasteiger partial charge < -0.3 is 15.9 Å². The molecule has 0 fully saturated rings. The second-order valence-corrected chi connectivity index (χ2v) is 3.34. The number of hydrogen-bond donors (Lipinski definition) is 3. The van der Waals surface area contributed by atoms with E-state index in [-0.39, 0.29) is 17.1 Å². The minimum absolute atomic E-state index is 0.0131. The Bertz CT molecular complexity index is 529. The molecule has 4 N–H and O–H groups in total. The van der Waals surface area contributed by atoms with Crippen LogP contribution in [0.2, 0.25) is 0 Å². The molecular formula is C12H12N2O4. The molecule has 0 atom stereocenters. The molecule has 0 aliphatic rings. The van der Waals surface area contributed by atoms with Gasteiger partial charge in [0, 0.05) is 12.1 Å². The van der Waals surface area contributed by atoms with Crippen molar-refractivity contribution >= 4 is 11.4 Å². The summed E-state index contributed by atoms with van der Waals surface area (Å²) in [6.07, 6.45) is 0. The third-order valence-electron chi connectivity index (χ3n) is 1.98. The van der Waals surface area contributed by atoms with Crippen molar-refractivity contribution in [1.82, 2.24) is 0 Å². The standard InChI is InChI=1S/C6H6N2O3.C6H6O/c7-5-3-4(8(10)11)1-2-6(5)9;7-6-4-2-1-3-5-6/h1-3,9H,7H2;1-5,7H. The molecule has 94 valence electrons. The molecule has 6 nitrogen and oxygen atoms in total. The molecular weight excluding hydrogens is 236 g/mol. The van der Waals surface area contributed by atoms with E-state index in [0.29, 0.717) is 5.75 Å². The maximum Gasteiger partial charge on any atom is 0.271 e. The van der Waals surface area contributed by atoms with E-state index in [1.807, 2.05) is 6.07 Å². The van der Waals surface area contributed by atoms with E-state index in [2.05, 4.69) is 0 Å². The van der Waals surface area contributed by atoms with Gasteiger partial charge in [0.15, 0.2) is 0 Å². The van der Waals surface area contributed by atoms with Gasteiger partial charge in [-0.1, -0.05) is 18.2 Å². The lowest BCUT2D eigenvalue weighted by Gasteiger charge is -1.96. The number of non-ortho nitro benzene ring substituents is 1. The Kier molecular flexibility index (Phi) is 4.50. The maximum atomic E-state index is 10.1. The summed E-state index contributed by atoms with van der Waals surface area (Å²) in [6, 6.07) is 12.2. The van der Waals surface area contributed by atoms with Gasteiger partial charge in [-0.05, 0) is 18.2 Å². The van der Waals surface area contributed by atoms with Crippen LogP contribution in [0.15, 0.2) is 48.5 Å². The largest absolute Gasteiger partial charge is 0.508 e. The lowest BCUT2D eigenvalue weighted by molar-refractivity contribution is -0.384. The van der Waals surface area contributed by atoms with E-state index < -0.39 is 4.92 Å². The first-order chi connectivity index (χ1) is 8.50. The molecule has 0 aliphatic heterocycles. The summed E-state index contributed by atoms with van der Waals surface area (Å²) in [4.78, 5) is 9.56. The molecule has 2 rings (SSSR count). The SMILES string of the molecule is Nc1cc([N+](=O)[O-])ccc1O.Oc1ccccc1. The summed E-state index contributed by atoms with van der Waals surface area (Å²) in [5, 5.41) is 27.6. The monoisotopic (exact) mass is 248 g/mol. The summed E-state index contributed by atoms with van der Waals surface area (Å²) >= 11 is 0. The van der Waals surface area contributed by atoms with Crippen molar-refractivity contribution < 1.29 is 15.1 Å². The molecule has 0 unspecified atom stereocenters. The normalized spacial score (nSPS) is 9.11. The zero-order chi connectivity index (χ0) is 13.5. The van der Waals surface area contributed by atoms with Crippen LogP contribution in [0.4, 0.5) is 11.4 Å². The molecule has 0 spiro atoms. The topological polar surface area (TPSA) is 110 Å². The first-order valence-electron chi connectivity index (χ1n) is 4.97. The lowest BCUT2D eigenvalue weighted by atomic mass is 10.2. The van der Waals surface area contributed by atoms with Crippen LogP contribution in [-0.4, -0.2) is 15.1 Å². The third kappa shape index (κ3) is 4.01. The fraction of sp³-hybridized carbons (Fsp3) is 0. The Morgan fingerprint density at radius 2 is 1.67 bits per heavy atom. The van der Waals surface area contributed by atoms with Crippen molar-refractivity contribution in [1.29, 1.82) is 0 Å². The van der Waals surface area contributed by atoms with E-state index in [0.717, 1.165) is 6.07 Å². The minimum atomic E-state index is -0.574. The number of para-hydroxylation sites is 1. The highest BCUT2D eigenvalue weighted by molar-refractivity contribution is 5.57.